The number of amides is 1. The highest BCUT2D eigenvalue weighted by atomic mass is 16.6. The highest BCUT2D eigenvalue weighted by molar-refractivity contribution is 5.94. The van der Waals surface area contributed by atoms with E-state index in [9.17, 15) is 10.1 Å². The van der Waals surface area contributed by atoms with Gasteiger partial charge in [0.15, 0.2) is 0 Å². The van der Waals surface area contributed by atoms with E-state index in [1.807, 2.05) is 18.2 Å². The second-order valence-corrected chi connectivity index (χ2v) is 6.03. The van der Waals surface area contributed by atoms with Crippen molar-refractivity contribution in [3.8, 4) is 11.8 Å². The van der Waals surface area contributed by atoms with Crippen LogP contribution in [-0.4, -0.2) is 55.4 Å². The molecular formula is C17H16N4O3. The first-order chi connectivity index (χ1) is 11.6. The Morgan fingerprint density at radius 3 is 2.96 bits per heavy atom. The molecule has 122 valence electrons. The molecule has 7 nitrogen and oxygen atoms in total. The number of carbonyl (C=O) groups excluding carboxylic acids is 1. The van der Waals surface area contributed by atoms with Crippen molar-refractivity contribution in [2.45, 2.75) is 12.1 Å². The Morgan fingerprint density at radius 1 is 1.42 bits per heavy atom. The molecule has 1 aromatic heterocycles. The maximum Gasteiger partial charge on any atom is 0.410 e. The van der Waals surface area contributed by atoms with Crippen molar-refractivity contribution in [1.29, 1.82) is 5.26 Å². The van der Waals surface area contributed by atoms with Gasteiger partial charge in [-0.1, -0.05) is 0 Å². The first-order valence-electron chi connectivity index (χ1n) is 7.67. The van der Waals surface area contributed by atoms with E-state index in [0.717, 1.165) is 16.6 Å². The molecule has 3 heterocycles. The van der Waals surface area contributed by atoms with Crippen LogP contribution in [0.5, 0.6) is 5.75 Å². The molecule has 1 amide bonds. The van der Waals surface area contributed by atoms with Gasteiger partial charge in [-0.3, -0.25) is 0 Å². The maximum absolute atomic E-state index is 11.6. The molecule has 0 saturated carbocycles. The summed E-state index contributed by atoms with van der Waals surface area (Å²) in [6.07, 6.45) is 1.32. The molecule has 0 N–H and O–H groups in total. The van der Waals surface area contributed by atoms with Crippen molar-refractivity contribution in [2.75, 3.05) is 32.1 Å². The van der Waals surface area contributed by atoms with Crippen LogP contribution < -0.4 is 9.64 Å². The highest BCUT2D eigenvalue weighted by Crippen LogP contribution is 2.34. The van der Waals surface area contributed by atoms with Crippen LogP contribution in [0.15, 0.2) is 24.4 Å². The van der Waals surface area contributed by atoms with Gasteiger partial charge < -0.3 is 19.3 Å². The Hall–Kier alpha value is -3.01. The van der Waals surface area contributed by atoms with E-state index in [-0.39, 0.29) is 18.2 Å². The lowest BCUT2D eigenvalue weighted by Gasteiger charge is -2.22. The van der Waals surface area contributed by atoms with Gasteiger partial charge in [0.25, 0.3) is 0 Å². The summed E-state index contributed by atoms with van der Waals surface area (Å²) in [4.78, 5) is 19.9. The minimum absolute atomic E-state index is 0.0369. The Kier molecular flexibility index (Phi) is 3.20. The smallest absolute Gasteiger partial charge is 0.410 e. The molecule has 0 radical (unpaired) electrons. The lowest BCUT2D eigenvalue weighted by molar-refractivity contribution is 0.138. The van der Waals surface area contributed by atoms with E-state index in [0.29, 0.717) is 24.4 Å². The summed E-state index contributed by atoms with van der Waals surface area (Å²) in [5.74, 6) is 1.34. The van der Waals surface area contributed by atoms with Gasteiger partial charge in [0, 0.05) is 25.2 Å². The zero-order valence-corrected chi connectivity index (χ0v) is 13.4. The molecule has 4 rings (SSSR count). The van der Waals surface area contributed by atoms with Gasteiger partial charge in [0.1, 0.15) is 23.7 Å². The van der Waals surface area contributed by atoms with Crippen molar-refractivity contribution < 1.29 is 14.3 Å². The van der Waals surface area contributed by atoms with Crippen LogP contribution in [-0.2, 0) is 4.74 Å². The number of anilines is 1. The molecule has 24 heavy (non-hydrogen) atoms. The number of ether oxygens (including phenoxy) is 2. The Balaban J connectivity index is 1.76. The number of benzene rings is 1. The van der Waals surface area contributed by atoms with Crippen molar-refractivity contribution in [3.63, 3.8) is 0 Å². The SMILES string of the molecule is COc1cc2c(N3CC4OC(=O)N(C)C4C3)nccc2cc1C#N. The number of nitriles is 1. The molecule has 2 aromatic rings. The molecule has 7 heteroatoms. The van der Waals surface area contributed by atoms with Crippen molar-refractivity contribution in [2.24, 2.45) is 0 Å². The number of pyridine rings is 1. The Bertz CT molecular complexity index is 876. The largest absolute Gasteiger partial charge is 0.495 e. The average molecular weight is 324 g/mol. The summed E-state index contributed by atoms with van der Waals surface area (Å²) in [5, 5.41) is 11.1. The van der Waals surface area contributed by atoms with E-state index < -0.39 is 0 Å². The van der Waals surface area contributed by atoms with Crippen LogP contribution in [0.25, 0.3) is 10.8 Å². The molecule has 0 bridgehead atoms. The summed E-state index contributed by atoms with van der Waals surface area (Å²) in [5.41, 5.74) is 0.495. The Labute approximate surface area is 139 Å². The van der Waals surface area contributed by atoms with E-state index in [1.54, 1.807) is 25.3 Å². The van der Waals surface area contributed by atoms with Crippen LogP contribution in [0.1, 0.15) is 5.56 Å². The fourth-order valence-electron chi connectivity index (χ4n) is 3.46. The molecule has 2 atom stereocenters. The first kappa shape index (κ1) is 14.6. The lowest BCUT2D eigenvalue weighted by atomic mass is 10.1. The van der Waals surface area contributed by atoms with Crippen molar-refractivity contribution in [3.05, 3.63) is 30.0 Å². The number of nitrogens with zero attached hydrogens (tertiary/aromatic N) is 4. The molecule has 2 aliphatic rings. The number of fused-ring (bicyclic) bond motifs is 2. The van der Waals surface area contributed by atoms with Crippen LogP contribution in [0.3, 0.4) is 0 Å². The lowest BCUT2D eigenvalue weighted by Crippen LogP contribution is -2.34. The van der Waals surface area contributed by atoms with Crippen LogP contribution in [0.4, 0.5) is 10.6 Å². The molecule has 2 fully saturated rings. The topological polar surface area (TPSA) is 78.7 Å². The fraction of sp³-hybridized carbons (Fsp3) is 0.353. The van der Waals surface area contributed by atoms with E-state index in [4.69, 9.17) is 9.47 Å². The van der Waals surface area contributed by atoms with Crippen molar-refractivity contribution >= 4 is 22.7 Å². The molecule has 1 aromatic carbocycles. The zero-order chi connectivity index (χ0) is 16.8. The van der Waals surface area contributed by atoms with Gasteiger partial charge in [-0.2, -0.15) is 5.26 Å². The summed E-state index contributed by atoms with van der Waals surface area (Å²) < 4.78 is 10.7. The predicted octanol–water partition coefficient (Wildman–Crippen LogP) is 1.75. The third kappa shape index (κ3) is 2.03. The first-order valence-corrected chi connectivity index (χ1v) is 7.67. The molecule has 2 unspecified atom stereocenters. The number of hydrogen-bond donors (Lipinski definition) is 0. The van der Waals surface area contributed by atoms with Crippen LogP contribution >= 0.6 is 0 Å². The highest BCUT2D eigenvalue weighted by Gasteiger charge is 2.46. The average Bonchev–Trinajstić information content (AvgIpc) is 3.12. The molecule has 2 saturated heterocycles. The molecule has 2 aliphatic heterocycles. The third-order valence-electron chi connectivity index (χ3n) is 4.76. The molecule has 0 aliphatic carbocycles. The third-order valence-corrected chi connectivity index (χ3v) is 4.76. The number of likely N-dealkylation sites (N-methyl/N-ethyl adjacent to an activating group) is 1. The van der Waals surface area contributed by atoms with Crippen LogP contribution in [0.2, 0.25) is 0 Å². The quantitative estimate of drug-likeness (QED) is 0.837. The normalized spacial score (nSPS) is 22.5. The number of rotatable bonds is 2. The van der Waals surface area contributed by atoms with Gasteiger partial charge in [-0.15, -0.1) is 0 Å². The van der Waals surface area contributed by atoms with Crippen LogP contribution in [0, 0.1) is 11.3 Å². The predicted molar refractivity (Wildman–Crippen MR) is 87.0 cm³/mol. The number of carbonyl (C=O) groups is 1. The molecule has 0 spiro atoms. The van der Waals surface area contributed by atoms with E-state index in [1.165, 1.54) is 0 Å². The fourth-order valence-corrected chi connectivity index (χ4v) is 3.46. The Morgan fingerprint density at radius 2 is 2.25 bits per heavy atom. The van der Waals surface area contributed by atoms with Crippen molar-refractivity contribution in [1.82, 2.24) is 9.88 Å². The minimum Gasteiger partial charge on any atom is -0.495 e. The summed E-state index contributed by atoms with van der Waals surface area (Å²) >= 11 is 0. The standard InChI is InChI=1S/C17H16N4O3/c1-20-13-8-21(9-15(13)24-17(20)22)16-12-6-14(23-2)11(7-18)5-10(12)3-4-19-16/h3-6,13,15H,8-9H2,1-2H3. The van der Waals surface area contributed by atoms with Gasteiger partial charge >= 0.3 is 6.09 Å². The van der Waals surface area contributed by atoms with Gasteiger partial charge in [-0.25, -0.2) is 9.78 Å². The summed E-state index contributed by atoms with van der Waals surface area (Å²) in [6, 6.07) is 7.72. The number of aromatic nitrogens is 1. The summed E-state index contributed by atoms with van der Waals surface area (Å²) in [6.45, 7) is 1.27. The van der Waals surface area contributed by atoms with Gasteiger partial charge in [-0.05, 0) is 23.6 Å². The zero-order valence-electron chi connectivity index (χ0n) is 13.4. The van der Waals surface area contributed by atoms with Gasteiger partial charge in [0.05, 0.1) is 25.3 Å². The van der Waals surface area contributed by atoms with E-state index >= 15 is 0 Å². The maximum atomic E-state index is 11.6. The number of hydrogen-bond acceptors (Lipinski definition) is 6. The second kappa shape index (κ2) is 5.27. The van der Waals surface area contributed by atoms with Gasteiger partial charge in [0.2, 0.25) is 0 Å². The minimum atomic E-state index is -0.268. The monoisotopic (exact) mass is 324 g/mol. The molecular weight excluding hydrogens is 308 g/mol. The van der Waals surface area contributed by atoms with E-state index in [2.05, 4.69) is 16.0 Å². The second-order valence-electron chi connectivity index (χ2n) is 6.03. The summed E-state index contributed by atoms with van der Waals surface area (Å²) in [7, 11) is 3.31. The number of methoxy groups -OCH3 is 1.